The zero-order chi connectivity index (χ0) is 21.6. The maximum Gasteiger partial charge on any atom is 0.406 e. The minimum atomic E-state index is -4.66. The van der Waals surface area contributed by atoms with Crippen LogP contribution in [0.2, 0.25) is 0 Å². The van der Waals surface area contributed by atoms with Crippen LogP contribution < -0.4 is 9.47 Å². The van der Waals surface area contributed by atoms with Gasteiger partial charge in [-0.05, 0) is 35.9 Å². The van der Waals surface area contributed by atoms with E-state index in [4.69, 9.17) is 10.00 Å². The van der Waals surface area contributed by atoms with Crippen LogP contribution in [0, 0.1) is 11.3 Å². The Hall–Kier alpha value is -3.35. The largest absolute Gasteiger partial charge is 0.493 e. The lowest BCUT2D eigenvalue weighted by atomic mass is 10.1. The van der Waals surface area contributed by atoms with Gasteiger partial charge in [0.25, 0.3) is 5.91 Å². The highest BCUT2D eigenvalue weighted by Crippen LogP contribution is 2.30. The molecule has 0 saturated carbocycles. The van der Waals surface area contributed by atoms with E-state index in [-0.39, 0.29) is 23.6 Å². The summed E-state index contributed by atoms with van der Waals surface area (Å²) in [6.45, 7) is -5.03. The molecule has 0 saturated heterocycles. The summed E-state index contributed by atoms with van der Waals surface area (Å²) >= 11 is 0. The van der Waals surface area contributed by atoms with Crippen LogP contribution in [0.15, 0.2) is 42.5 Å². The molecular formula is C19H15F5N2O3. The van der Waals surface area contributed by atoms with Gasteiger partial charge in [0, 0.05) is 12.1 Å². The Morgan fingerprint density at radius 1 is 1.14 bits per heavy atom. The number of hydrogen-bond acceptors (Lipinski definition) is 4. The molecule has 5 nitrogen and oxygen atoms in total. The average Bonchev–Trinajstić information content (AvgIpc) is 2.66. The molecule has 2 rings (SSSR count). The Kier molecular flexibility index (Phi) is 6.98. The molecule has 0 atom stereocenters. The highest BCUT2D eigenvalue weighted by Gasteiger charge is 2.33. The van der Waals surface area contributed by atoms with Crippen molar-refractivity contribution >= 4 is 5.91 Å². The van der Waals surface area contributed by atoms with Crippen LogP contribution in [-0.4, -0.2) is 37.2 Å². The van der Waals surface area contributed by atoms with E-state index in [1.165, 1.54) is 24.3 Å². The lowest BCUT2D eigenvalue weighted by Gasteiger charge is -2.24. The predicted octanol–water partition coefficient (Wildman–Crippen LogP) is 4.37. The lowest BCUT2D eigenvalue weighted by molar-refractivity contribution is -0.141. The monoisotopic (exact) mass is 414 g/mol. The van der Waals surface area contributed by atoms with Crippen molar-refractivity contribution in [3.63, 3.8) is 0 Å². The van der Waals surface area contributed by atoms with Gasteiger partial charge in [-0.15, -0.1) is 0 Å². The van der Waals surface area contributed by atoms with E-state index < -0.39 is 25.2 Å². The first kappa shape index (κ1) is 21.9. The highest BCUT2D eigenvalue weighted by molar-refractivity contribution is 5.95. The van der Waals surface area contributed by atoms with Crippen molar-refractivity contribution in [1.29, 1.82) is 5.26 Å². The first-order valence-corrected chi connectivity index (χ1v) is 8.11. The van der Waals surface area contributed by atoms with Crippen LogP contribution in [-0.2, 0) is 6.54 Å². The van der Waals surface area contributed by atoms with Crippen molar-refractivity contribution in [3.05, 3.63) is 59.2 Å². The molecule has 0 aliphatic carbocycles. The smallest absolute Gasteiger partial charge is 0.406 e. The number of carbonyl (C=O) groups is 1. The van der Waals surface area contributed by atoms with Crippen molar-refractivity contribution in [3.8, 4) is 17.6 Å². The number of benzene rings is 2. The van der Waals surface area contributed by atoms with Gasteiger partial charge in [-0.25, -0.2) is 0 Å². The maximum absolute atomic E-state index is 13.0. The van der Waals surface area contributed by atoms with Gasteiger partial charge in [-0.2, -0.15) is 27.2 Å². The topological polar surface area (TPSA) is 62.6 Å². The zero-order valence-corrected chi connectivity index (χ0v) is 15.0. The van der Waals surface area contributed by atoms with Gasteiger partial charge in [0.2, 0.25) is 0 Å². The fraction of sp³-hybridized carbons (Fsp3) is 0.263. The van der Waals surface area contributed by atoms with E-state index >= 15 is 0 Å². The number of hydrogen-bond donors (Lipinski definition) is 0. The number of nitriles is 1. The molecule has 2 aromatic rings. The van der Waals surface area contributed by atoms with Gasteiger partial charge in [-0.3, -0.25) is 4.79 Å². The Morgan fingerprint density at radius 3 is 2.31 bits per heavy atom. The number of rotatable bonds is 7. The maximum atomic E-state index is 13.0. The summed E-state index contributed by atoms with van der Waals surface area (Å²) in [5.74, 6) is -1.55. The third-order valence-corrected chi connectivity index (χ3v) is 3.74. The molecule has 2 aromatic carbocycles. The van der Waals surface area contributed by atoms with Crippen molar-refractivity contribution < 1.29 is 36.2 Å². The minimum absolute atomic E-state index is 0.193. The molecule has 0 unspecified atom stereocenters. The van der Waals surface area contributed by atoms with Crippen LogP contribution in [0.3, 0.4) is 0 Å². The van der Waals surface area contributed by atoms with Gasteiger partial charge in [0.15, 0.2) is 11.5 Å². The Labute approximate surface area is 162 Å². The third-order valence-electron chi connectivity index (χ3n) is 3.74. The van der Waals surface area contributed by atoms with Gasteiger partial charge in [0.1, 0.15) is 6.54 Å². The molecule has 0 spiro atoms. The zero-order valence-electron chi connectivity index (χ0n) is 15.0. The number of amides is 1. The summed E-state index contributed by atoms with van der Waals surface area (Å²) in [7, 11) is 1.14. The molecule has 0 N–H and O–H groups in total. The molecule has 0 bridgehead atoms. The molecule has 0 aliphatic heterocycles. The molecule has 10 heteroatoms. The number of carbonyl (C=O) groups excluding carboxylic acids is 1. The van der Waals surface area contributed by atoms with E-state index in [9.17, 15) is 26.7 Å². The highest BCUT2D eigenvalue weighted by atomic mass is 19.4. The first-order valence-electron chi connectivity index (χ1n) is 8.11. The number of halogens is 5. The summed E-state index contributed by atoms with van der Waals surface area (Å²) in [5.41, 5.74) is 0.509. The molecule has 29 heavy (non-hydrogen) atoms. The summed E-state index contributed by atoms with van der Waals surface area (Å²) in [4.78, 5) is 13.2. The Balaban J connectivity index is 2.32. The predicted molar refractivity (Wildman–Crippen MR) is 91.6 cm³/mol. The van der Waals surface area contributed by atoms with Crippen molar-refractivity contribution in [2.45, 2.75) is 19.3 Å². The summed E-state index contributed by atoms with van der Waals surface area (Å²) in [6.07, 6.45) is -4.66. The van der Waals surface area contributed by atoms with E-state index in [1.54, 1.807) is 0 Å². The van der Waals surface area contributed by atoms with E-state index in [2.05, 4.69) is 4.74 Å². The second-order valence-electron chi connectivity index (χ2n) is 5.83. The van der Waals surface area contributed by atoms with Gasteiger partial charge < -0.3 is 14.4 Å². The number of alkyl halides is 5. The fourth-order valence-electron chi connectivity index (χ4n) is 2.50. The molecule has 0 aliphatic rings. The number of ether oxygens (including phenoxy) is 2. The van der Waals surface area contributed by atoms with E-state index in [0.29, 0.717) is 16.0 Å². The van der Waals surface area contributed by atoms with Gasteiger partial charge in [-0.1, -0.05) is 12.1 Å². The third kappa shape index (κ3) is 6.34. The van der Waals surface area contributed by atoms with Crippen molar-refractivity contribution in [1.82, 2.24) is 4.90 Å². The molecule has 154 valence electrons. The van der Waals surface area contributed by atoms with E-state index in [1.807, 2.05) is 6.07 Å². The molecule has 0 radical (unpaired) electrons. The average molecular weight is 414 g/mol. The lowest BCUT2D eigenvalue weighted by Crippen LogP contribution is -2.38. The van der Waals surface area contributed by atoms with Crippen LogP contribution in [0.5, 0.6) is 11.5 Å². The number of nitrogens with zero attached hydrogens (tertiary/aromatic N) is 2. The number of methoxy groups -OCH3 is 1. The second-order valence-corrected chi connectivity index (χ2v) is 5.83. The van der Waals surface area contributed by atoms with Crippen molar-refractivity contribution in [2.75, 3.05) is 13.7 Å². The molecular weight excluding hydrogens is 399 g/mol. The molecule has 0 fully saturated rings. The van der Waals surface area contributed by atoms with Gasteiger partial charge >= 0.3 is 12.8 Å². The molecule has 0 heterocycles. The summed E-state index contributed by atoms with van der Waals surface area (Å²) in [5, 5.41) is 8.79. The SMILES string of the molecule is COc1cc(C(=O)N(Cc2ccc(C#N)cc2)CC(F)(F)F)ccc1OC(F)F. The summed E-state index contributed by atoms with van der Waals surface area (Å²) in [6, 6.07) is 10.7. The Bertz CT molecular complexity index is 892. The second kappa shape index (κ2) is 9.23. The fourth-order valence-corrected chi connectivity index (χ4v) is 2.50. The van der Waals surface area contributed by atoms with Crippen LogP contribution in [0.4, 0.5) is 22.0 Å². The van der Waals surface area contributed by atoms with Crippen LogP contribution in [0.1, 0.15) is 21.5 Å². The Morgan fingerprint density at radius 2 is 1.79 bits per heavy atom. The van der Waals surface area contributed by atoms with Crippen LogP contribution >= 0.6 is 0 Å². The standard InChI is InChI=1S/C19H15F5N2O3/c1-28-16-8-14(6-7-15(16)29-18(20)21)17(27)26(11-19(22,23)24)10-13-4-2-12(9-25)3-5-13/h2-8,18H,10-11H2,1H3. The molecule has 0 aromatic heterocycles. The quantitative estimate of drug-likeness (QED) is 0.631. The summed E-state index contributed by atoms with van der Waals surface area (Å²) < 4.78 is 72.9. The molecule has 1 amide bonds. The van der Waals surface area contributed by atoms with E-state index in [0.717, 1.165) is 25.3 Å². The normalized spacial score (nSPS) is 11.1. The van der Waals surface area contributed by atoms with Crippen molar-refractivity contribution in [2.24, 2.45) is 0 Å². The van der Waals surface area contributed by atoms with Gasteiger partial charge in [0.05, 0.1) is 18.7 Å². The minimum Gasteiger partial charge on any atom is -0.493 e. The van der Waals surface area contributed by atoms with Crippen LogP contribution in [0.25, 0.3) is 0 Å². The first-order chi connectivity index (χ1) is 13.6.